The van der Waals surface area contributed by atoms with Crippen molar-refractivity contribution in [3.8, 4) is 5.75 Å². The first kappa shape index (κ1) is 17.7. The van der Waals surface area contributed by atoms with Gasteiger partial charge in [0.2, 0.25) is 0 Å². The van der Waals surface area contributed by atoms with E-state index in [1.165, 1.54) is 12.0 Å². The predicted molar refractivity (Wildman–Crippen MR) is 95.5 cm³/mol. The minimum Gasteiger partial charge on any atom is -0.507 e. The molecule has 0 spiro atoms. The lowest BCUT2D eigenvalue weighted by Gasteiger charge is -2.24. The molecule has 0 radical (unpaired) electrons. The smallest absolute Gasteiger partial charge is 0.295 e. The third-order valence-corrected chi connectivity index (χ3v) is 4.34. The molecule has 2 aromatic rings. The van der Waals surface area contributed by atoms with Gasteiger partial charge in [-0.1, -0.05) is 42.5 Å². The second kappa shape index (κ2) is 7.41. The van der Waals surface area contributed by atoms with Crippen LogP contribution >= 0.6 is 0 Å². The predicted octanol–water partition coefficient (Wildman–Crippen LogP) is 2.11. The fraction of sp³-hybridized carbons (Fsp3) is 0.200. The maximum absolute atomic E-state index is 12.6. The van der Waals surface area contributed by atoms with Crippen molar-refractivity contribution in [3.05, 3.63) is 71.3 Å². The van der Waals surface area contributed by atoms with E-state index in [-0.39, 0.29) is 24.5 Å². The molecule has 1 fully saturated rings. The van der Waals surface area contributed by atoms with Crippen LogP contribution in [0, 0.1) is 0 Å². The molecule has 1 amide bonds. The van der Waals surface area contributed by atoms with E-state index in [2.05, 4.69) is 0 Å². The minimum absolute atomic E-state index is 0.00269. The Labute approximate surface area is 150 Å². The lowest BCUT2D eigenvalue weighted by atomic mass is 9.95. The lowest BCUT2D eigenvalue weighted by Crippen LogP contribution is -2.32. The second-order valence-corrected chi connectivity index (χ2v) is 5.86. The van der Waals surface area contributed by atoms with Crippen LogP contribution in [-0.4, -0.2) is 47.1 Å². The van der Waals surface area contributed by atoms with Gasteiger partial charge in [-0.15, -0.1) is 0 Å². The molecule has 0 bridgehead atoms. The van der Waals surface area contributed by atoms with Crippen LogP contribution in [0.1, 0.15) is 17.2 Å². The Balaban J connectivity index is 2.19. The molecule has 1 heterocycles. The highest BCUT2D eigenvalue weighted by Crippen LogP contribution is 2.39. The fourth-order valence-corrected chi connectivity index (χ4v) is 3.13. The Bertz CT molecular complexity index is 860. The highest BCUT2D eigenvalue weighted by molar-refractivity contribution is 6.46. The zero-order valence-corrected chi connectivity index (χ0v) is 14.3. The first-order valence-corrected chi connectivity index (χ1v) is 8.17. The van der Waals surface area contributed by atoms with Crippen molar-refractivity contribution in [1.29, 1.82) is 0 Å². The second-order valence-electron chi connectivity index (χ2n) is 5.86. The number of Topliss-reactive ketones (excluding diaryl/α,β-unsaturated/α-hetero) is 1. The van der Waals surface area contributed by atoms with E-state index in [0.29, 0.717) is 16.9 Å². The number of ketones is 1. The molecule has 0 aromatic heterocycles. The number of methoxy groups -OCH3 is 1. The molecule has 26 heavy (non-hydrogen) atoms. The maximum Gasteiger partial charge on any atom is 0.295 e. The van der Waals surface area contributed by atoms with Gasteiger partial charge in [0.15, 0.2) is 0 Å². The van der Waals surface area contributed by atoms with Crippen LogP contribution in [0.15, 0.2) is 60.2 Å². The highest BCUT2D eigenvalue weighted by atomic mass is 16.5. The van der Waals surface area contributed by atoms with Gasteiger partial charge < -0.3 is 19.8 Å². The number of hydrogen-bond acceptors (Lipinski definition) is 5. The Hall–Kier alpha value is -3.12. The van der Waals surface area contributed by atoms with Gasteiger partial charge in [-0.2, -0.15) is 0 Å². The molecule has 6 nitrogen and oxygen atoms in total. The van der Waals surface area contributed by atoms with E-state index in [1.54, 1.807) is 54.6 Å². The number of benzene rings is 2. The Morgan fingerprint density at radius 1 is 1.12 bits per heavy atom. The Kier molecular flexibility index (Phi) is 5.04. The molecule has 1 unspecified atom stereocenters. The third kappa shape index (κ3) is 3.07. The van der Waals surface area contributed by atoms with E-state index in [4.69, 9.17) is 4.74 Å². The zero-order chi connectivity index (χ0) is 18.7. The lowest BCUT2D eigenvalue weighted by molar-refractivity contribution is -0.140. The average Bonchev–Trinajstić information content (AvgIpc) is 2.93. The average molecular weight is 353 g/mol. The normalized spacial score (nSPS) is 19.0. The number of carbonyl (C=O) groups excluding carboxylic acids is 2. The van der Waals surface area contributed by atoms with Crippen LogP contribution in [0.2, 0.25) is 0 Å². The third-order valence-electron chi connectivity index (χ3n) is 4.34. The van der Waals surface area contributed by atoms with Gasteiger partial charge >= 0.3 is 0 Å². The molecule has 1 atom stereocenters. The molecule has 3 rings (SSSR count). The van der Waals surface area contributed by atoms with Crippen molar-refractivity contribution in [2.75, 3.05) is 20.3 Å². The van der Waals surface area contributed by atoms with Crippen molar-refractivity contribution >= 4 is 17.4 Å². The molecule has 0 aliphatic carbocycles. The zero-order valence-electron chi connectivity index (χ0n) is 14.3. The molecule has 1 saturated heterocycles. The van der Waals surface area contributed by atoms with Crippen LogP contribution in [0.25, 0.3) is 5.76 Å². The van der Waals surface area contributed by atoms with Crippen molar-refractivity contribution in [1.82, 2.24) is 4.90 Å². The van der Waals surface area contributed by atoms with Crippen molar-refractivity contribution in [2.24, 2.45) is 0 Å². The molecule has 1 aliphatic heterocycles. The van der Waals surface area contributed by atoms with Gasteiger partial charge in [0.1, 0.15) is 11.5 Å². The monoisotopic (exact) mass is 353 g/mol. The summed E-state index contributed by atoms with van der Waals surface area (Å²) >= 11 is 0. The highest BCUT2D eigenvalue weighted by Gasteiger charge is 2.45. The van der Waals surface area contributed by atoms with Crippen LogP contribution in [0.4, 0.5) is 0 Å². The van der Waals surface area contributed by atoms with E-state index >= 15 is 0 Å². The van der Waals surface area contributed by atoms with Crippen molar-refractivity contribution in [2.45, 2.75) is 6.04 Å². The quantitative estimate of drug-likeness (QED) is 0.488. The molecule has 1 aliphatic rings. The number of hydrogen-bond donors (Lipinski definition) is 2. The molecule has 134 valence electrons. The summed E-state index contributed by atoms with van der Waals surface area (Å²) in [6.45, 7) is -0.309. The van der Waals surface area contributed by atoms with E-state index < -0.39 is 17.7 Å². The van der Waals surface area contributed by atoms with Crippen LogP contribution in [-0.2, 0) is 9.59 Å². The van der Waals surface area contributed by atoms with Gasteiger partial charge in [0.25, 0.3) is 11.7 Å². The van der Waals surface area contributed by atoms with Crippen LogP contribution in [0.5, 0.6) is 5.75 Å². The summed E-state index contributed by atoms with van der Waals surface area (Å²) in [6.07, 6.45) is 0. The summed E-state index contributed by atoms with van der Waals surface area (Å²) in [5, 5.41) is 20.1. The number of rotatable bonds is 5. The molecular weight excluding hydrogens is 334 g/mol. The maximum atomic E-state index is 12.6. The van der Waals surface area contributed by atoms with Crippen LogP contribution in [0.3, 0.4) is 0 Å². The number of aliphatic hydroxyl groups is 2. The number of amides is 1. The largest absolute Gasteiger partial charge is 0.507 e. The number of β-amino-alcohol motifs (C(OH)–C–C–N with tert-alkyl or cyclic N) is 1. The van der Waals surface area contributed by atoms with Gasteiger partial charge in [-0.05, 0) is 17.7 Å². The first-order chi connectivity index (χ1) is 12.6. The van der Waals surface area contributed by atoms with E-state index in [0.717, 1.165) is 0 Å². The number of likely N-dealkylation sites (tertiary alicyclic amines) is 1. The number of carbonyl (C=O) groups is 2. The number of aliphatic hydroxyl groups excluding tert-OH is 2. The SMILES string of the molecule is COc1cccc(C2/C(=C(\O)c3ccccc3)C(=O)C(=O)N2CCO)c1. The minimum atomic E-state index is -0.794. The molecule has 0 saturated carbocycles. The summed E-state index contributed by atoms with van der Waals surface area (Å²) in [5.74, 6) is -1.19. The fourth-order valence-electron chi connectivity index (χ4n) is 3.13. The van der Waals surface area contributed by atoms with Gasteiger partial charge in [-0.25, -0.2) is 0 Å². The number of ether oxygens (including phenoxy) is 1. The summed E-state index contributed by atoms with van der Waals surface area (Å²) in [7, 11) is 1.52. The van der Waals surface area contributed by atoms with E-state index in [1.807, 2.05) is 0 Å². The van der Waals surface area contributed by atoms with Crippen molar-refractivity contribution < 1.29 is 24.5 Å². The Morgan fingerprint density at radius 3 is 2.50 bits per heavy atom. The van der Waals surface area contributed by atoms with E-state index in [9.17, 15) is 19.8 Å². The molecule has 2 aromatic carbocycles. The van der Waals surface area contributed by atoms with Crippen LogP contribution < -0.4 is 4.74 Å². The van der Waals surface area contributed by atoms with Gasteiger partial charge in [-0.3, -0.25) is 9.59 Å². The van der Waals surface area contributed by atoms with Gasteiger partial charge in [0, 0.05) is 12.1 Å². The van der Waals surface area contributed by atoms with Crippen molar-refractivity contribution in [3.63, 3.8) is 0 Å². The summed E-state index contributed by atoms with van der Waals surface area (Å²) in [6, 6.07) is 14.8. The first-order valence-electron chi connectivity index (χ1n) is 8.17. The topological polar surface area (TPSA) is 87.1 Å². The standard InChI is InChI=1S/C20H19NO5/c1-26-15-9-5-8-14(12-15)17-16(18(23)13-6-3-2-4-7-13)19(24)20(25)21(17)10-11-22/h2-9,12,17,22-23H,10-11H2,1H3/b18-16+. The Morgan fingerprint density at radius 2 is 1.85 bits per heavy atom. The summed E-state index contributed by atoms with van der Waals surface area (Å²) < 4.78 is 5.23. The molecular formula is C20H19NO5. The number of nitrogens with zero attached hydrogens (tertiary/aromatic N) is 1. The van der Waals surface area contributed by atoms with Gasteiger partial charge in [0.05, 0.1) is 25.3 Å². The summed E-state index contributed by atoms with van der Waals surface area (Å²) in [4.78, 5) is 26.4. The summed E-state index contributed by atoms with van der Waals surface area (Å²) in [5.41, 5.74) is 1.07. The molecule has 6 heteroatoms. The molecule has 2 N–H and O–H groups in total.